The summed E-state index contributed by atoms with van der Waals surface area (Å²) < 4.78 is 10.6. The molecular weight excluding hydrogens is 340 g/mol. The van der Waals surface area contributed by atoms with Gasteiger partial charge >= 0.3 is 0 Å². The van der Waals surface area contributed by atoms with Crippen LogP contribution in [-0.4, -0.2) is 46.2 Å². The van der Waals surface area contributed by atoms with Crippen molar-refractivity contribution in [2.45, 2.75) is 12.8 Å². The van der Waals surface area contributed by atoms with E-state index in [0.29, 0.717) is 28.0 Å². The number of methoxy groups -OCH3 is 2. The zero-order valence-electron chi connectivity index (χ0n) is 16.0. The minimum atomic E-state index is -0.00533. The molecule has 0 amide bonds. The van der Waals surface area contributed by atoms with Crippen LogP contribution in [0.1, 0.15) is 28.8 Å². The third kappa shape index (κ3) is 3.39. The molecule has 2 aliphatic heterocycles. The molecule has 4 rings (SSSR count). The lowest BCUT2D eigenvalue weighted by molar-refractivity contribution is 0.103. The minimum Gasteiger partial charge on any atom is -0.493 e. The monoisotopic (exact) mass is 366 g/mol. The third-order valence-corrected chi connectivity index (χ3v) is 5.89. The van der Waals surface area contributed by atoms with Crippen molar-refractivity contribution in [1.29, 1.82) is 0 Å². The van der Waals surface area contributed by atoms with Gasteiger partial charge < -0.3 is 19.7 Å². The summed E-state index contributed by atoms with van der Waals surface area (Å²) in [6.45, 7) is 4.34. The Balaban J connectivity index is 1.56. The van der Waals surface area contributed by atoms with Crippen LogP contribution in [0.4, 0.5) is 5.69 Å². The van der Waals surface area contributed by atoms with Crippen molar-refractivity contribution in [3.05, 3.63) is 53.6 Å². The summed E-state index contributed by atoms with van der Waals surface area (Å²) in [4.78, 5) is 15.4. The second kappa shape index (κ2) is 7.24. The summed E-state index contributed by atoms with van der Waals surface area (Å²) in [5.74, 6) is 1.18. The van der Waals surface area contributed by atoms with Crippen LogP contribution < -0.4 is 19.7 Å². The fraction of sp³-hybridized carbons (Fsp3) is 0.409. The quantitative estimate of drug-likeness (QED) is 0.824. The molecule has 2 aromatic rings. The van der Waals surface area contributed by atoms with E-state index in [9.17, 15) is 4.79 Å². The molecule has 2 saturated heterocycles. The van der Waals surface area contributed by atoms with E-state index in [1.54, 1.807) is 32.4 Å². The Labute approximate surface area is 160 Å². The topological polar surface area (TPSA) is 50.8 Å². The van der Waals surface area contributed by atoms with Gasteiger partial charge in [0.1, 0.15) is 0 Å². The highest BCUT2D eigenvalue weighted by Crippen LogP contribution is 2.38. The fourth-order valence-corrected chi connectivity index (χ4v) is 4.29. The lowest BCUT2D eigenvalue weighted by Crippen LogP contribution is -2.29. The molecule has 1 N–H and O–H groups in total. The molecular formula is C22H26N2O3. The molecule has 1 spiro atoms. The average molecular weight is 366 g/mol. The molecule has 0 bridgehead atoms. The molecule has 0 aromatic heterocycles. The maximum atomic E-state index is 13.0. The van der Waals surface area contributed by atoms with Gasteiger partial charge in [0.05, 0.1) is 14.2 Å². The molecule has 2 aliphatic rings. The van der Waals surface area contributed by atoms with Crippen LogP contribution >= 0.6 is 0 Å². The van der Waals surface area contributed by atoms with E-state index in [0.717, 1.165) is 31.9 Å². The van der Waals surface area contributed by atoms with Crippen molar-refractivity contribution < 1.29 is 14.3 Å². The van der Waals surface area contributed by atoms with Crippen LogP contribution in [0.25, 0.3) is 0 Å². The predicted octanol–water partition coefficient (Wildman–Crippen LogP) is 3.12. The molecule has 5 heteroatoms. The first kappa shape index (κ1) is 17.9. The van der Waals surface area contributed by atoms with E-state index in [1.165, 1.54) is 12.8 Å². The molecule has 2 fully saturated rings. The van der Waals surface area contributed by atoms with Crippen molar-refractivity contribution in [1.82, 2.24) is 5.32 Å². The Kier molecular flexibility index (Phi) is 4.79. The number of nitrogens with one attached hydrogen (secondary N) is 1. The summed E-state index contributed by atoms with van der Waals surface area (Å²) in [7, 11) is 3.17. The number of anilines is 1. The Bertz CT molecular complexity index is 843. The van der Waals surface area contributed by atoms with Crippen molar-refractivity contribution in [2.24, 2.45) is 5.41 Å². The van der Waals surface area contributed by atoms with E-state index in [-0.39, 0.29) is 5.78 Å². The highest BCUT2D eigenvalue weighted by Gasteiger charge is 2.40. The Hall–Kier alpha value is -2.53. The summed E-state index contributed by atoms with van der Waals surface area (Å²) in [6.07, 6.45) is 2.46. The van der Waals surface area contributed by atoms with Gasteiger partial charge in [0.15, 0.2) is 17.3 Å². The van der Waals surface area contributed by atoms with Crippen LogP contribution in [0.5, 0.6) is 11.5 Å². The van der Waals surface area contributed by atoms with Crippen LogP contribution in [-0.2, 0) is 0 Å². The highest BCUT2D eigenvalue weighted by molar-refractivity contribution is 6.09. The van der Waals surface area contributed by atoms with Crippen molar-refractivity contribution >= 4 is 11.5 Å². The van der Waals surface area contributed by atoms with Crippen molar-refractivity contribution in [2.75, 3.05) is 45.3 Å². The summed E-state index contributed by atoms with van der Waals surface area (Å²) in [5.41, 5.74) is 2.83. The number of rotatable bonds is 5. The fourth-order valence-electron chi connectivity index (χ4n) is 4.29. The first-order valence-electron chi connectivity index (χ1n) is 9.47. The molecule has 1 atom stereocenters. The molecule has 2 aromatic carbocycles. The molecule has 5 nitrogen and oxygen atoms in total. The first-order chi connectivity index (χ1) is 13.1. The van der Waals surface area contributed by atoms with Crippen molar-refractivity contribution in [3.63, 3.8) is 0 Å². The minimum absolute atomic E-state index is 0.00533. The largest absolute Gasteiger partial charge is 0.493 e. The second-order valence-corrected chi connectivity index (χ2v) is 7.55. The van der Waals surface area contributed by atoms with E-state index < -0.39 is 0 Å². The lowest BCUT2D eigenvalue weighted by Gasteiger charge is -2.24. The van der Waals surface area contributed by atoms with Crippen molar-refractivity contribution in [3.8, 4) is 11.5 Å². The van der Waals surface area contributed by atoms with Crippen LogP contribution in [0.2, 0.25) is 0 Å². The number of ether oxygens (including phenoxy) is 2. The highest BCUT2D eigenvalue weighted by atomic mass is 16.5. The maximum Gasteiger partial charge on any atom is 0.193 e. The molecule has 27 heavy (non-hydrogen) atoms. The average Bonchev–Trinajstić information content (AvgIpc) is 3.37. The molecule has 1 unspecified atom stereocenters. The molecule has 0 aliphatic carbocycles. The SMILES string of the molecule is COc1ccc(C(=O)c2cccc(N3CCC4(CCNC4)C3)c2)cc1OC. The Morgan fingerprint density at radius 1 is 1.04 bits per heavy atom. The molecule has 0 radical (unpaired) electrons. The summed E-state index contributed by atoms with van der Waals surface area (Å²) >= 11 is 0. The molecule has 2 heterocycles. The number of hydrogen-bond acceptors (Lipinski definition) is 5. The molecule has 0 saturated carbocycles. The van der Waals surface area contributed by atoms with Gasteiger partial charge in [-0.05, 0) is 49.7 Å². The van der Waals surface area contributed by atoms with E-state index in [4.69, 9.17) is 9.47 Å². The number of hydrogen-bond donors (Lipinski definition) is 1. The van der Waals surface area contributed by atoms with Crippen LogP contribution in [0, 0.1) is 5.41 Å². The van der Waals surface area contributed by atoms with E-state index >= 15 is 0 Å². The standard InChI is InChI=1S/C22H26N2O3/c1-26-19-7-6-17(13-20(19)27-2)21(25)16-4-3-5-18(12-16)24-11-9-22(15-24)8-10-23-14-22/h3-7,12-13,23H,8-11,14-15H2,1-2H3. The van der Waals surface area contributed by atoms with Gasteiger partial charge in [-0.15, -0.1) is 0 Å². The van der Waals surface area contributed by atoms with Gasteiger partial charge in [-0.3, -0.25) is 4.79 Å². The number of carbonyl (C=O) groups excluding carboxylic acids is 1. The van der Waals surface area contributed by atoms with Gasteiger partial charge in [0, 0.05) is 41.9 Å². The maximum absolute atomic E-state index is 13.0. The zero-order chi connectivity index (χ0) is 18.9. The number of carbonyl (C=O) groups is 1. The first-order valence-corrected chi connectivity index (χ1v) is 9.47. The smallest absolute Gasteiger partial charge is 0.193 e. The third-order valence-electron chi connectivity index (χ3n) is 5.89. The van der Waals surface area contributed by atoms with E-state index in [1.807, 2.05) is 18.2 Å². The second-order valence-electron chi connectivity index (χ2n) is 7.55. The van der Waals surface area contributed by atoms with Crippen LogP contribution in [0.3, 0.4) is 0 Å². The van der Waals surface area contributed by atoms with Gasteiger partial charge in [0.25, 0.3) is 0 Å². The predicted molar refractivity (Wildman–Crippen MR) is 106 cm³/mol. The van der Waals surface area contributed by atoms with Gasteiger partial charge in [-0.25, -0.2) is 0 Å². The number of ketones is 1. The Morgan fingerprint density at radius 2 is 1.85 bits per heavy atom. The number of nitrogens with zero attached hydrogens (tertiary/aromatic N) is 1. The normalized spacial score (nSPS) is 21.6. The summed E-state index contributed by atoms with van der Waals surface area (Å²) in [5, 5.41) is 3.50. The van der Waals surface area contributed by atoms with Gasteiger partial charge in [-0.1, -0.05) is 12.1 Å². The van der Waals surface area contributed by atoms with Crippen LogP contribution in [0.15, 0.2) is 42.5 Å². The zero-order valence-corrected chi connectivity index (χ0v) is 16.0. The van der Waals surface area contributed by atoms with E-state index in [2.05, 4.69) is 16.3 Å². The van der Waals surface area contributed by atoms with Gasteiger partial charge in [0.2, 0.25) is 0 Å². The molecule has 142 valence electrons. The Morgan fingerprint density at radius 3 is 2.59 bits per heavy atom. The van der Waals surface area contributed by atoms with Gasteiger partial charge in [-0.2, -0.15) is 0 Å². The number of benzene rings is 2. The summed E-state index contributed by atoms with van der Waals surface area (Å²) in [6, 6.07) is 13.3. The lowest BCUT2D eigenvalue weighted by atomic mass is 9.86.